The van der Waals surface area contributed by atoms with E-state index >= 15 is 0 Å². The molecule has 0 saturated carbocycles. The molecule has 0 bridgehead atoms. The first-order valence-electron chi connectivity index (χ1n) is 7.83. The van der Waals surface area contributed by atoms with E-state index in [0.29, 0.717) is 12.1 Å². The van der Waals surface area contributed by atoms with Crippen LogP contribution in [0.5, 0.6) is 0 Å². The van der Waals surface area contributed by atoms with Crippen LogP contribution >= 0.6 is 11.8 Å². The normalized spacial score (nSPS) is 10.3. The number of hydrogen-bond donors (Lipinski definition) is 1. The fourth-order valence-electron chi connectivity index (χ4n) is 2.12. The molecule has 0 radical (unpaired) electrons. The smallest absolute Gasteiger partial charge is 0.251 e. The van der Waals surface area contributed by atoms with Gasteiger partial charge in [-0.2, -0.15) is 0 Å². The van der Waals surface area contributed by atoms with Crippen LogP contribution in [0, 0.1) is 0 Å². The zero-order valence-corrected chi connectivity index (χ0v) is 13.9. The molecule has 0 aliphatic heterocycles. The van der Waals surface area contributed by atoms with Crippen molar-refractivity contribution in [2.24, 2.45) is 0 Å². The number of carbonyl (C=O) groups excluding carboxylic acids is 2. The summed E-state index contributed by atoms with van der Waals surface area (Å²) in [6.45, 7) is 0.672. The molecule has 0 atom stereocenters. The highest BCUT2D eigenvalue weighted by molar-refractivity contribution is 8.14. The number of rotatable bonds is 8. The lowest BCUT2D eigenvalue weighted by Gasteiger charge is -2.05. The van der Waals surface area contributed by atoms with Crippen molar-refractivity contribution < 1.29 is 9.59 Å². The van der Waals surface area contributed by atoms with Gasteiger partial charge in [-0.15, -0.1) is 0 Å². The summed E-state index contributed by atoms with van der Waals surface area (Å²) in [6, 6.07) is 18.6. The van der Waals surface area contributed by atoms with E-state index in [1.54, 1.807) is 12.1 Å². The van der Waals surface area contributed by atoms with Crippen molar-refractivity contribution in [1.29, 1.82) is 0 Å². The number of unbranched alkanes of at least 4 members (excludes halogenated alkanes) is 2. The van der Waals surface area contributed by atoms with Crippen LogP contribution in [0.2, 0.25) is 0 Å². The zero-order valence-electron chi connectivity index (χ0n) is 13.0. The van der Waals surface area contributed by atoms with Gasteiger partial charge in [0.1, 0.15) is 0 Å². The third-order valence-electron chi connectivity index (χ3n) is 3.39. The molecule has 0 fully saturated rings. The average molecular weight is 327 g/mol. The second-order valence-corrected chi connectivity index (χ2v) is 6.25. The van der Waals surface area contributed by atoms with Crippen LogP contribution in [0.3, 0.4) is 0 Å². The number of carbonyl (C=O) groups is 2. The van der Waals surface area contributed by atoms with E-state index in [1.165, 1.54) is 11.8 Å². The maximum Gasteiger partial charge on any atom is 0.251 e. The van der Waals surface area contributed by atoms with Crippen LogP contribution in [0.25, 0.3) is 0 Å². The minimum absolute atomic E-state index is 0.0285. The topological polar surface area (TPSA) is 46.2 Å². The number of nitrogens with one attached hydrogen (secondary N) is 1. The summed E-state index contributed by atoms with van der Waals surface area (Å²) in [5.74, 6) is 0.791. The molecular weight excluding hydrogens is 306 g/mol. The maximum atomic E-state index is 11.9. The van der Waals surface area contributed by atoms with Gasteiger partial charge in [-0.25, -0.2) is 0 Å². The number of thioether (sulfide) groups is 1. The van der Waals surface area contributed by atoms with Crippen molar-refractivity contribution >= 4 is 22.8 Å². The first-order valence-corrected chi connectivity index (χ1v) is 8.81. The van der Waals surface area contributed by atoms with Gasteiger partial charge in [0.2, 0.25) is 5.12 Å². The first-order chi connectivity index (χ1) is 11.3. The predicted octanol–water partition coefficient (Wildman–Crippen LogP) is 4.16. The molecule has 0 saturated heterocycles. The second-order valence-electron chi connectivity index (χ2n) is 5.18. The molecule has 2 aromatic carbocycles. The van der Waals surface area contributed by atoms with Crippen molar-refractivity contribution in [2.75, 3.05) is 12.3 Å². The van der Waals surface area contributed by atoms with Crippen molar-refractivity contribution in [3.8, 4) is 0 Å². The van der Waals surface area contributed by atoms with Gasteiger partial charge in [0.25, 0.3) is 5.91 Å². The molecule has 0 heterocycles. The van der Waals surface area contributed by atoms with E-state index in [1.807, 2.05) is 48.5 Å². The van der Waals surface area contributed by atoms with E-state index in [-0.39, 0.29) is 11.0 Å². The molecule has 1 N–H and O–H groups in total. The highest BCUT2D eigenvalue weighted by Crippen LogP contribution is 2.14. The van der Waals surface area contributed by atoms with Crippen LogP contribution in [0.4, 0.5) is 0 Å². The molecule has 3 nitrogen and oxygen atoms in total. The fraction of sp³-hybridized carbons (Fsp3) is 0.263. The molecule has 4 heteroatoms. The van der Waals surface area contributed by atoms with Crippen LogP contribution in [-0.2, 0) is 0 Å². The molecule has 0 aliphatic rings. The fourth-order valence-corrected chi connectivity index (χ4v) is 2.96. The Morgan fingerprint density at radius 1 is 0.783 bits per heavy atom. The van der Waals surface area contributed by atoms with Gasteiger partial charge in [0.15, 0.2) is 0 Å². The van der Waals surface area contributed by atoms with E-state index in [9.17, 15) is 9.59 Å². The van der Waals surface area contributed by atoms with E-state index in [0.717, 1.165) is 30.6 Å². The number of hydrogen-bond acceptors (Lipinski definition) is 3. The van der Waals surface area contributed by atoms with Gasteiger partial charge < -0.3 is 5.32 Å². The highest BCUT2D eigenvalue weighted by Gasteiger charge is 2.05. The summed E-state index contributed by atoms with van der Waals surface area (Å²) in [5, 5.41) is 3.04. The van der Waals surface area contributed by atoms with Gasteiger partial charge in [0.05, 0.1) is 0 Å². The summed E-state index contributed by atoms with van der Waals surface area (Å²) in [4.78, 5) is 23.7. The van der Waals surface area contributed by atoms with Crippen molar-refractivity contribution in [3.63, 3.8) is 0 Å². The summed E-state index contributed by atoms with van der Waals surface area (Å²) < 4.78 is 0. The molecule has 0 spiro atoms. The Morgan fingerprint density at radius 2 is 1.39 bits per heavy atom. The van der Waals surface area contributed by atoms with E-state index < -0.39 is 0 Å². The van der Waals surface area contributed by atoms with Crippen LogP contribution in [0.15, 0.2) is 60.7 Å². The zero-order chi connectivity index (χ0) is 16.3. The molecule has 0 aromatic heterocycles. The van der Waals surface area contributed by atoms with Gasteiger partial charge in [-0.05, 0) is 25.0 Å². The monoisotopic (exact) mass is 327 g/mol. The third kappa shape index (κ3) is 6.28. The van der Waals surface area contributed by atoms with Crippen molar-refractivity contribution in [3.05, 3.63) is 71.8 Å². The quantitative estimate of drug-likeness (QED) is 0.741. The average Bonchev–Trinajstić information content (AvgIpc) is 2.62. The molecule has 0 aliphatic carbocycles. The van der Waals surface area contributed by atoms with Gasteiger partial charge in [0, 0.05) is 23.4 Å². The lowest BCUT2D eigenvalue weighted by Crippen LogP contribution is -2.24. The van der Waals surface area contributed by atoms with Gasteiger partial charge in [-0.3, -0.25) is 9.59 Å². The largest absolute Gasteiger partial charge is 0.352 e. The molecular formula is C19H21NO2S. The Hall–Kier alpha value is -2.07. The van der Waals surface area contributed by atoms with Crippen molar-refractivity contribution in [2.45, 2.75) is 19.3 Å². The maximum absolute atomic E-state index is 11.9. The predicted molar refractivity (Wildman–Crippen MR) is 95.9 cm³/mol. The van der Waals surface area contributed by atoms with Crippen molar-refractivity contribution in [1.82, 2.24) is 5.32 Å². The minimum Gasteiger partial charge on any atom is -0.352 e. The number of benzene rings is 2. The Bertz CT molecular complexity index is 558. The minimum atomic E-state index is -0.0285. The lowest BCUT2D eigenvalue weighted by molar-refractivity contribution is 0.0952. The van der Waals surface area contributed by atoms with E-state index in [2.05, 4.69) is 5.32 Å². The highest BCUT2D eigenvalue weighted by atomic mass is 32.2. The SMILES string of the molecule is O=C(NCCCCCSC(=O)c1ccccc1)c1ccccc1. The Balaban J connectivity index is 1.53. The van der Waals surface area contributed by atoms with E-state index in [4.69, 9.17) is 0 Å². The Kier molecular flexibility index (Phi) is 7.40. The summed E-state index contributed by atoms with van der Waals surface area (Å²) in [6.07, 6.45) is 2.91. The Labute approximate surface area is 141 Å². The molecule has 23 heavy (non-hydrogen) atoms. The van der Waals surface area contributed by atoms with Gasteiger partial charge >= 0.3 is 0 Å². The third-order valence-corrected chi connectivity index (χ3v) is 4.38. The molecule has 2 aromatic rings. The first kappa shape index (κ1) is 17.3. The molecule has 120 valence electrons. The summed E-state index contributed by atoms with van der Waals surface area (Å²) >= 11 is 1.36. The van der Waals surface area contributed by atoms with Gasteiger partial charge in [-0.1, -0.05) is 66.7 Å². The lowest BCUT2D eigenvalue weighted by atomic mass is 10.2. The number of amides is 1. The standard InChI is InChI=1S/C19H21NO2S/c21-18(16-10-4-1-5-11-16)20-14-8-3-9-15-23-19(22)17-12-6-2-7-13-17/h1-2,4-7,10-13H,3,8-9,14-15H2,(H,20,21). The van der Waals surface area contributed by atoms with Crippen LogP contribution < -0.4 is 5.32 Å². The summed E-state index contributed by atoms with van der Waals surface area (Å²) in [7, 11) is 0. The molecule has 0 unspecified atom stereocenters. The molecule has 2 rings (SSSR count). The van der Waals surface area contributed by atoms with Crippen LogP contribution in [-0.4, -0.2) is 23.3 Å². The second kappa shape index (κ2) is 9.85. The van der Waals surface area contributed by atoms with Crippen LogP contribution in [0.1, 0.15) is 40.0 Å². The summed E-state index contributed by atoms with van der Waals surface area (Å²) in [5.41, 5.74) is 1.45. The Morgan fingerprint density at radius 3 is 2.04 bits per heavy atom. The molecule has 1 amide bonds.